The number of hydrogen-bond donors (Lipinski definition) is 1. The van der Waals surface area contributed by atoms with E-state index < -0.39 is 0 Å². The molecule has 0 aliphatic carbocycles. The highest BCUT2D eigenvalue weighted by Gasteiger charge is 2.30. The maximum Gasteiger partial charge on any atom is 0.225 e. The molecule has 2 heterocycles. The van der Waals surface area contributed by atoms with Crippen LogP contribution >= 0.6 is 11.6 Å². The molecule has 1 fully saturated rings. The van der Waals surface area contributed by atoms with Crippen LogP contribution in [0.4, 0.5) is 11.6 Å². The Labute approximate surface area is 194 Å². The fraction of sp³-hybridized carbons (Fsp3) is 0.320. The first kappa shape index (κ1) is 22.2. The van der Waals surface area contributed by atoms with Gasteiger partial charge >= 0.3 is 0 Å². The van der Waals surface area contributed by atoms with E-state index in [1.165, 1.54) is 12.5 Å². The number of halogens is 1. The fourth-order valence-corrected chi connectivity index (χ4v) is 4.29. The van der Waals surface area contributed by atoms with Gasteiger partial charge in [0.15, 0.2) is 0 Å². The van der Waals surface area contributed by atoms with Gasteiger partial charge in [-0.1, -0.05) is 35.9 Å². The lowest BCUT2D eigenvalue weighted by molar-refractivity contribution is -0.114. The quantitative estimate of drug-likeness (QED) is 0.563. The molecule has 0 spiro atoms. The molecule has 7 heteroatoms. The van der Waals surface area contributed by atoms with Gasteiger partial charge in [-0.2, -0.15) is 0 Å². The van der Waals surface area contributed by atoms with Crippen molar-refractivity contribution in [1.82, 2.24) is 14.9 Å². The molecule has 1 aliphatic heterocycles. The molecule has 1 aromatic heterocycles. The van der Waals surface area contributed by atoms with Gasteiger partial charge in [0.05, 0.1) is 11.7 Å². The van der Waals surface area contributed by atoms with Crippen molar-refractivity contribution in [1.29, 1.82) is 0 Å². The lowest BCUT2D eigenvalue weighted by atomic mass is 9.99. The van der Waals surface area contributed by atoms with Gasteiger partial charge in [0.1, 0.15) is 0 Å². The van der Waals surface area contributed by atoms with Crippen molar-refractivity contribution in [2.24, 2.45) is 0 Å². The number of hydrogen-bond acceptors (Lipinski definition) is 5. The summed E-state index contributed by atoms with van der Waals surface area (Å²) in [6.07, 6.45) is 4.10. The van der Waals surface area contributed by atoms with Gasteiger partial charge in [-0.25, -0.2) is 9.97 Å². The van der Waals surface area contributed by atoms with Crippen molar-refractivity contribution in [3.63, 3.8) is 0 Å². The molecule has 0 saturated carbocycles. The van der Waals surface area contributed by atoms with Gasteiger partial charge < -0.3 is 10.2 Å². The normalized spacial score (nSPS) is 16.2. The molecule has 0 unspecified atom stereocenters. The lowest BCUT2D eigenvalue weighted by Crippen LogP contribution is -2.25. The SMILES string of the molecule is CC(=O)Nc1ccc(CN2CCC[C@H]2c2nc(N(C)C)ncc2-c2ccc(Cl)cc2)cc1. The molecule has 6 nitrogen and oxygen atoms in total. The molecule has 166 valence electrons. The zero-order chi connectivity index (χ0) is 22.7. The minimum atomic E-state index is -0.0625. The Kier molecular flexibility index (Phi) is 6.72. The average molecular weight is 450 g/mol. The Morgan fingerprint density at radius 3 is 2.53 bits per heavy atom. The summed E-state index contributed by atoms with van der Waals surface area (Å²) in [4.78, 5) is 25.3. The molecule has 32 heavy (non-hydrogen) atoms. The van der Waals surface area contributed by atoms with Crippen LogP contribution < -0.4 is 10.2 Å². The number of benzene rings is 2. The Bertz CT molecular complexity index is 1080. The monoisotopic (exact) mass is 449 g/mol. The first-order valence-corrected chi connectivity index (χ1v) is 11.2. The molecule has 0 radical (unpaired) electrons. The van der Waals surface area contributed by atoms with Gasteiger partial charge in [-0.15, -0.1) is 0 Å². The average Bonchev–Trinajstić information content (AvgIpc) is 3.23. The van der Waals surface area contributed by atoms with Crippen molar-refractivity contribution in [3.05, 3.63) is 71.0 Å². The summed E-state index contributed by atoms with van der Waals surface area (Å²) in [6, 6.07) is 16.1. The van der Waals surface area contributed by atoms with E-state index in [1.54, 1.807) is 0 Å². The highest BCUT2D eigenvalue weighted by Crippen LogP contribution is 2.38. The van der Waals surface area contributed by atoms with Crippen molar-refractivity contribution in [3.8, 4) is 11.1 Å². The van der Waals surface area contributed by atoms with Crippen LogP contribution in [0.1, 0.15) is 37.1 Å². The summed E-state index contributed by atoms with van der Waals surface area (Å²) in [5.74, 6) is 0.650. The van der Waals surface area contributed by atoms with E-state index in [2.05, 4.69) is 27.3 Å². The molecule has 0 bridgehead atoms. The summed E-state index contributed by atoms with van der Waals surface area (Å²) in [5.41, 5.74) is 5.20. The number of aromatic nitrogens is 2. The second-order valence-electron chi connectivity index (χ2n) is 8.38. The smallest absolute Gasteiger partial charge is 0.225 e. The largest absolute Gasteiger partial charge is 0.347 e. The Balaban J connectivity index is 1.64. The van der Waals surface area contributed by atoms with E-state index >= 15 is 0 Å². The number of anilines is 2. The molecule has 2 aromatic carbocycles. The van der Waals surface area contributed by atoms with Gasteiger partial charge in [0.25, 0.3) is 0 Å². The predicted octanol–water partition coefficient (Wildman–Crippen LogP) is 5.16. The number of nitrogens with one attached hydrogen (secondary N) is 1. The number of likely N-dealkylation sites (tertiary alicyclic amines) is 1. The van der Waals surface area contributed by atoms with E-state index in [1.807, 2.05) is 61.6 Å². The molecule has 1 N–H and O–H groups in total. The maximum absolute atomic E-state index is 11.3. The molecule has 1 saturated heterocycles. The zero-order valence-corrected chi connectivity index (χ0v) is 19.4. The third-order valence-corrected chi connectivity index (χ3v) is 5.95. The van der Waals surface area contributed by atoms with Gasteiger partial charge in [-0.3, -0.25) is 9.69 Å². The zero-order valence-electron chi connectivity index (χ0n) is 18.7. The lowest BCUT2D eigenvalue weighted by Gasteiger charge is -2.27. The third-order valence-electron chi connectivity index (χ3n) is 5.70. The van der Waals surface area contributed by atoms with Crippen molar-refractivity contribution >= 4 is 29.1 Å². The number of carbonyl (C=O) groups excluding carboxylic acids is 1. The first-order chi connectivity index (χ1) is 15.4. The molecule has 4 rings (SSSR count). The van der Waals surface area contributed by atoms with E-state index in [4.69, 9.17) is 16.6 Å². The highest BCUT2D eigenvalue weighted by atomic mass is 35.5. The van der Waals surface area contributed by atoms with Crippen LogP contribution in [0.15, 0.2) is 54.7 Å². The van der Waals surface area contributed by atoms with Crippen LogP contribution in [0.3, 0.4) is 0 Å². The standard InChI is InChI=1S/C25H28ClN5O/c1-17(32)28-21-12-6-18(7-13-21)16-31-14-4-5-23(31)24-22(15-27-25(29-24)30(2)3)19-8-10-20(26)11-9-19/h6-13,15,23H,4-5,14,16H2,1-3H3,(H,28,32)/t23-/m0/s1. The molecular weight excluding hydrogens is 422 g/mol. The van der Waals surface area contributed by atoms with Gasteiger partial charge in [0.2, 0.25) is 11.9 Å². The Morgan fingerprint density at radius 2 is 1.88 bits per heavy atom. The van der Waals surface area contributed by atoms with Crippen LogP contribution in [0, 0.1) is 0 Å². The van der Waals surface area contributed by atoms with E-state index in [9.17, 15) is 4.79 Å². The number of amides is 1. The van der Waals surface area contributed by atoms with Gasteiger partial charge in [-0.05, 0) is 54.8 Å². The van der Waals surface area contributed by atoms with Crippen LogP contribution in [0.2, 0.25) is 5.02 Å². The molecule has 1 atom stereocenters. The Morgan fingerprint density at radius 1 is 1.16 bits per heavy atom. The number of nitrogens with zero attached hydrogens (tertiary/aromatic N) is 4. The number of carbonyl (C=O) groups is 1. The van der Waals surface area contributed by atoms with E-state index in [0.717, 1.165) is 48.4 Å². The van der Waals surface area contributed by atoms with Crippen molar-refractivity contribution < 1.29 is 4.79 Å². The minimum absolute atomic E-state index is 0.0625. The maximum atomic E-state index is 11.3. The summed E-state index contributed by atoms with van der Waals surface area (Å²) >= 11 is 6.12. The second kappa shape index (κ2) is 9.67. The summed E-state index contributed by atoms with van der Waals surface area (Å²) in [6.45, 7) is 3.36. The third kappa shape index (κ3) is 5.09. The van der Waals surface area contributed by atoms with E-state index in [0.29, 0.717) is 11.0 Å². The predicted molar refractivity (Wildman–Crippen MR) is 130 cm³/mol. The number of rotatable bonds is 6. The van der Waals surface area contributed by atoms with Crippen molar-refractivity contribution in [2.45, 2.75) is 32.4 Å². The Hall–Kier alpha value is -2.96. The highest BCUT2D eigenvalue weighted by molar-refractivity contribution is 6.30. The van der Waals surface area contributed by atoms with Crippen LogP contribution in [0.5, 0.6) is 0 Å². The van der Waals surface area contributed by atoms with Crippen LogP contribution in [-0.4, -0.2) is 41.4 Å². The van der Waals surface area contributed by atoms with Gasteiger partial charge in [0, 0.05) is 50.0 Å². The van der Waals surface area contributed by atoms with Crippen LogP contribution in [0.25, 0.3) is 11.1 Å². The summed E-state index contributed by atoms with van der Waals surface area (Å²) < 4.78 is 0. The van der Waals surface area contributed by atoms with Crippen molar-refractivity contribution in [2.75, 3.05) is 30.9 Å². The minimum Gasteiger partial charge on any atom is -0.347 e. The fourth-order valence-electron chi connectivity index (χ4n) is 4.16. The molecule has 1 aliphatic rings. The second-order valence-corrected chi connectivity index (χ2v) is 8.81. The first-order valence-electron chi connectivity index (χ1n) is 10.8. The molecule has 3 aromatic rings. The summed E-state index contributed by atoms with van der Waals surface area (Å²) in [7, 11) is 3.92. The molecular formula is C25H28ClN5O. The molecule has 1 amide bonds. The topological polar surface area (TPSA) is 61.4 Å². The van der Waals surface area contributed by atoms with E-state index in [-0.39, 0.29) is 11.9 Å². The van der Waals surface area contributed by atoms with Crippen LogP contribution in [-0.2, 0) is 11.3 Å². The summed E-state index contributed by atoms with van der Waals surface area (Å²) in [5, 5.41) is 3.54.